The van der Waals surface area contributed by atoms with E-state index >= 15 is 0 Å². The molecule has 0 N–H and O–H groups in total. The molecule has 1 unspecified atom stereocenters. The van der Waals surface area contributed by atoms with E-state index in [1.807, 2.05) is 6.08 Å². The minimum absolute atomic E-state index is 0.0732. The lowest BCUT2D eigenvalue weighted by Crippen LogP contribution is -2.20. The number of halogens is 1. The molecule has 1 aromatic carbocycles. The Morgan fingerprint density at radius 3 is 2.78 bits per heavy atom. The number of hydrogen-bond donors (Lipinski definition) is 0. The quantitative estimate of drug-likeness (QED) is 0.391. The van der Waals surface area contributed by atoms with Crippen molar-refractivity contribution >= 4 is 34.7 Å². The van der Waals surface area contributed by atoms with Crippen molar-refractivity contribution in [2.45, 2.75) is 46.0 Å². The van der Waals surface area contributed by atoms with Crippen LogP contribution in [0.25, 0.3) is 12.2 Å². The molecular weight excluding hydrogens is 439 g/mol. The molecule has 1 atom stereocenters. The van der Waals surface area contributed by atoms with Crippen LogP contribution in [0.3, 0.4) is 0 Å². The Morgan fingerprint density at radius 1 is 1.22 bits per heavy atom. The summed E-state index contributed by atoms with van der Waals surface area (Å²) in [6.45, 7) is 10.8. The summed E-state index contributed by atoms with van der Waals surface area (Å²) >= 11 is 2.41. The van der Waals surface area contributed by atoms with Gasteiger partial charge in [0.25, 0.3) is 0 Å². The molecule has 27 heavy (non-hydrogen) atoms. The third-order valence-corrected chi connectivity index (χ3v) is 6.48. The van der Waals surface area contributed by atoms with Gasteiger partial charge in [0.2, 0.25) is 0 Å². The van der Waals surface area contributed by atoms with Crippen molar-refractivity contribution in [2.24, 2.45) is 5.41 Å². The molecule has 3 rings (SSSR count). The second-order valence-electron chi connectivity index (χ2n) is 7.96. The third kappa shape index (κ3) is 4.45. The van der Waals surface area contributed by atoms with Crippen molar-refractivity contribution < 1.29 is 0 Å². The van der Waals surface area contributed by atoms with E-state index < -0.39 is 0 Å². The van der Waals surface area contributed by atoms with Gasteiger partial charge in [-0.25, -0.2) is 0 Å². The van der Waals surface area contributed by atoms with Crippen LogP contribution in [0.4, 0.5) is 0 Å². The highest BCUT2D eigenvalue weighted by atomic mass is 127. The van der Waals surface area contributed by atoms with Gasteiger partial charge in [-0.05, 0) is 83.0 Å². The van der Waals surface area contributed by atoms with Crippen molar-refractivity contribution in [3.05, 3.63) is 92.7 Å². The molecule has 0 fully saturated rings. The van der Waals surface area contributed by atoms with Crippen LogP contribution in [-0.2, 0) is 0 Å². The van der Waals surface area contributed by atoms with Gasteiger partial charge in [-0.15, -0.1) is 0 Å². The van der Waals surface area contributed by atoms with Crippen LogP contribution in [0.15, 0.2) is 76.0 Å². The number of rotatable bonds is 3. The summed E-state index contributed by atoms with van der Waals surface area (Å²) in [6.07, 6.45) is 21.2. The Labute approximate surface area is 178 Å². The summed E-state index contributed by atoms with van der Waals surface area (Å²) in [7, 11) is 0. The van der Waals surface area contributed by atoms with Crippen LogP contribution in [0.5, 0.6) is 0 Å². The molecule has 0 radical (unpaired) electrons. The summed E-state index contributed by atoms with van der Waals surface area (Å²) in [5.74, 6) is 0.559. The van der Waals surface area contributed by atoms with Crippen LogP contribution < -0.4 is 0 Å². The van der Waals surface area contributed by atoms with Gasteiger partial charge in [0.15, 0.2) is 0 Å². The number of benzene rings is 1. The molecule has 0 aliphatic heterocycles. The number of hydrogen-bond acceptors (Lipinski definition) is 0. The molecule has 0 amide bonds. The van der Waals surface area contributed by atoms with Crippen molar-refractivity contribution in [1.29, 1.82) is 0 Å². The Kier molecular flexibility index (Phi) is 6.41. The monoisotopic (exact) mass is 468 g/mol. The Morgan fingerprint density at radius 2 is 2.04 bits per heavy atom. The molecule has 0 nitrogen and oxygen atoms in total. The van der Waals surface area contributed by atoms with E-state index in [1.165, 1.54) is 32.3 Å². The van der Waals surface area contributed by atoms with Gasteiger partial charge in [-0.3, -0.25) is 0 Å². The van der Waals surface area contributed by atoms with Crippen LogP contribution in [-0.4, -0.2) is 0 Å². The fourth-order valence-corrected chi connectivity index (χ4v) is 4.67. The van der Waals surface area contributed by atoms with Gasteiger partial charge < -0.3 is 0 Å². The summed E-state index contributed by atoms with van der Waals surface area (Å²) in [5.41, 5.74) is 7.22. The summed E-state index contributed by atoms with van der Waals surface area (Å²) in [5, 5.41) is 0. The average Bonchev–Trinajstić information content (AvgIpc) is 2.71. The van der Waals surface area contributed by atoms with Crippen molar-refractivity contribution in [3.63, 3.8) is 0 Å². The highest BCUT2D eigenvalue weighted by Gasteiger charge is 2.30. The largest absolute Gasteiger partial charge is 0.0984 e. The first-order chi connectivity index (χ1) is 13.0. The standard InChI is InChI=1S/C26H29I/c1-5-9-23-19(6-2)10-8-13-24(23)21-15-14-20-11-7-12-22(27)16-17-26(3,4)25(20)18-21/h5-13,16-17,21H,2,14-15,18H2,1,3-4H3/b9-5-,11-7?,17-16+,22-12+. The van der Waals surface area contributed by atoms with E-state index in [9.17, 15) is 0 Å². The maximum Gasteiger partial charge on any atom is 0.0127 e. The summed E-state index contributed by atoms with van der Waals surface area (Å²) in [6, 6.07) is 6.67. The van der Waals surface area contributed by atoms with Crippen LogP contribution in [0.2, 0.25) is 0 Å². The molecule has 2 aliphatic carbocycles. The maximum atomic E-state index is 4.02. The minimum Gasteiger partial charge on any atom is -0.0984 e. The average molecular weight is 468 g/mol. The fraction of sp³-hybridized carbons (Fsp3) is 0.308. The molecular formula is C26H29I. The second-order valence-corrected chi connectivity index (χ2v) is 9.21. The second kappa shape index (κ2) is 8.60. The van der Waals surface area contributed by atoms with Gasteiger partial charge in [0, 0.05) is 8.99 Å². The smallest absolute Gasteiger partial charge is 0.0127 e. The molecule has 0 saturated heterocycles. The molecule has 2 aliphatic rings. The Bertz CT molecular complexity index is 871. The predicted octanol–water partition coefficient (Wildman–Crippen LogP) is 8.40. The first-order valence-corrected chi connectivity index (χ1v) is 10.9. The summed E-state index contributed by atoms with van der Waals surface area (Å²) < 4.78 is 1.28. The van der Waals surface area contributed by atoms with E-state index in [2.05, 4.69) is 111 Å². The molecule has 0 spiro atoms. The zero-order valence-corrected chi connectivity index (χ0v) is 18.8. The van der Waals surface area contributed by atoms with Gasteiger partial charge >= 0.3 is 0 Å². The molecule has 0 saturated carbocycles. The van der Waals surface area contributed by atoms with E-state index in [4.69, 9.17) is 0 Å². The minimum atomic E-state index is 0.0732. The number of allylic oxidation sites excluding steroid dienone is 9. The molecule has 0 heterocycles. The normalized spacial score (nSPS) is 25.2. The zero-order chi connectivity index (χ0) is 19.4. The van der Waals surface area contributed by atoms with Gasteiger partial charge in [0.05, 0.1) is 0 Å². The zero-order valence-electron chi connectivity index (χ0n) is 16.6. The first kappa shape index (κ1) is 20.1. The van der Waals surface area contributed by atoms with Crippen molar-refractivity contribution in [3.8, 4) is 0 Å². The van der Waals surface area contributed by atoms with Gasteiger partial charge in [-0.1, -0.05) is 86.7 Å². The van der Waals surface area contributed by atoms with E-state index in [-0.39, 0.29) is 5.41 Å². The molecule has 0 bridgehead atoms. The molecule has 0 aromatic heterocycles. The lowest BCUT2D eigenvalue weighted by atomic mass is 9.69. The highest BCUT2D eigenvalue weighted by molar-refractivity contribution is 14.1. The van der Waals surface area contributed by atoms with Crippen molar-refractivity contribution in [2.75, 3.05) is 0 Å². The molecule has 140 valence electrons. The van der Waals surface area contributed by atoms with Crippen molar-refractivity contribution in [1.82, 2.24) is 0 Å². The maximum absolute atomic E-state index is 4.02. The van der Waals surface area contributed by atoms with E-state index in [0.29, 0.717) is 5.92 Å². The van der Waals surface area contributed by atoms with E-state index in [0.717, 1.165) is 12.8 Å². The third-order valence-electron chi connectivity index (χ3n) is 5.76. The van der Waals surface area contributed by atoms with E-state index in [1.54, 1.807) is 5.57 Å². The lowest BCUT2D eigenvalue weighted by molar-refractivity contribution is 0.474. The first-order valence-electron chi connectivity index (χ1n) is 9.80. The Balaban J connectivity index is 2.03. The molecule has 1 heteroatoms. The van der Waals surface area contributed by atoms with Gasteiger partial charge in [-0.2, -0.15) is 0 Å². The van der Waals surface area contributed by atoms with Crippen LogP contribution in [0, 0.1) is 5.41 Å². The topological polar surface area (TPSA) is 0 Å². The SMILES string of the molecule is C=Cc1cccc(C2CCC3=C(C2)C(C)(C)/C=C/C(I)=C\C=C3)c1/C=C\C. The van der Waals surface area contributed by atoms with Crippen LogP contribution in [0.1, 0.15) is 62.6 Å². The van der Waals surface area contributed by atoms with Gasteiger partial charge in [0.1, 0.15) is 0 Å². The highest BCUT2D eigenvalue weighted by Crippen LogP contribution is 2.46. The lowest BCUT2D eigenvalue weighted by Gasteiger charge is -2.35. The molecule has 1 aromatic rings. The predicted molar refractivity (Wildman–Crippen MR) is 129 cm³/mol. The Hall–Kier alpha value is -1.61. The summed E-state index contributed by atoms with van der Waals surface area (Å²) in [4.78, 5) is 0. The fourth-order valence-electron chi connectivity index (χ4n) is 4.28. The van der Waals surface area contributed by atoms with Crippen LogP contribution >= 0.6 is 22.6 Å².